The van der Waals surface area contributed by atoms with Gasteiger partial charge in [-0.3, -0.25) is 4.79 Å². The summed E-state index contributed by atoms with van der Waals surface area (Å²) in [4.78, 5) is 12.0. The third-order valence-corrected chi connectivity index (χ3v) is 4.54. The van der Waals surface area contributed by atoms with Crippen LogP contribution in [0.1, 0.15) is 52.9 Å². The van der Waals surface area contributed by atoms with Gasteiger partial charge in [0.1, 0.15) is 0 Å². The molecule has 1 aliphatic heterocycles. The Morgan fingerprint density at radius 2 is 2.16 bits per heavy atom. The van der Waals surface area contributed by atoms with Crippen LogP contribution in [-0.2, 0) is 9.53 Å². The first-order valence-corrected chi connectivity index (χ1v) is 7.50. The second-order valence-electron chi connectivity index (χ2n) is 7.32. The Labute approximate surface area is 116 Å². The number of amides is 1. The summed E-state index contributed by atoms with van der Waals surface area (Å²) in [7, 11) is 0. The normalized spacial score (nSPS) is 38.3. The SMILES string of the molecule is CC1CC(C)(C)CC(NCC2CCCO2)(C(N)=O)C1. The molecule has 1 saturated carbocycles. The number of nitrogens with one attached hydrogen (secondary N) is 1. The molecular formula is C15H28N2O2. The van der Waals surface area contributed by atoms with Crippen LogP contribution < -0.4 is 11.1 Å². The van der Waals surface area contributed by atoms with Crippen molar-refractivity contribution < 1.29 is 9.53 Å². The van der Waals surface area contributed by atoms with Crippen LogP contribution in [0.2, 0.25) is 0 Å². The van der Waals surface area contributed by atoms with E-state index >= 15 is 0 Å². The molecule has 3 N–H and O–H groups in total. The van der Waals surface area contributed by atoms with Gasteiger partial charge in [-0.25, -0.2) is 0 Å². The van der Waals surface area contributed by atoms with E-state index in [-0.39, 0.29) is 17.4 Å². The minimum absolute atomic E-state index is 0.163. The molecule has 2 aliphatic rings. The van der Waals surface area contributed by atoms with Gasteiger partial charge in [0.05, 0.1) is 11.6 Å². The smallest absolute Gasteiger partial charge is 0.237 e. The molecule has 0 aromatic carbocycles. The summed E-state index contributed by atoms with van der Waals surface area (Å²) < 4.78 is 5.63. The first-order valence-electron chi connectivity index (χ1n) is 7.50. The van der Waals surface area contributed by atoms with Crippen LogP contribution in [0.15, 0.2) is 0 Å². The lowest BCUT2D eigenvalue weighted by atomic mass is 9.64. The average molecular weight is 268 g/mol. The van der Waals surface area contributed by atoms with Crippen molar-refractivity contribution in [1.82, 2.24) is 5.32 Å². The van der Waals surface area contributed by atoms with Gasteiger partial charge in [-0.15, -0.1) is 0 Å². The zero-order valence-electron chi connectivity index (χ0n) is 12.5. The molecule has 0 aromatic rings. The van der Waals surface area contributed by atoms with Crippen molar-refractivity contribution in [1.29, 1.82) is 0 Å². The number of nitrogens with two attached hydrogens (primary N) is 1. The van der Waals surface area contributed by atoms with Gasteiger partial charge in [-0.2, -0.15) is 0 Å². The second kappa shape index (κ2) is 5.41. The monoisotopic (exact) mass is 268 g/mol. The van der Waals surface area contributed by atoms with E-state index in [2.05, 4.69) is 26.1 Å². The van der Waals surface area contributed by atoms with Crippen LogP contribution in [0, 0.1) is 11.3 Å². The van der Waals surface area contributed by atoms with Crippen molar-refractivity contribution in [2.75, 3.05) is 13.2 Å². The van der Waals surface area contributed by atoms with Crippen molar-refractivity contribution in [3.8, 4) is 0 Å². The maximum atomic E-state index is 12.0. The Hall–Kier alpha value is -0.610. The molecule has 1 saturated heterocycles. The molecule has 0 bridgehead atoms. The highest BCUT2D eigenvalue weighted by atomic mass is 16.5. The van der Waals surface area contributed by atoms with Crippen molar-refractivity contribution >= 4 is 5.91 Å². The van der Waals surface area contributed by atoms with Gasteiger partial charge >= 0.3 is 0 Å². The zero-order chi connectivity index (χ0) is 14.1. The number of ether oxygens (including phenoxy) is 1. The summed E-state index contributed by atoms with van der Waals surface area (Å²) >= 11 is 0. The fourth-order valence-electron chi connectivity index (χ4n) is 4.10. The van der Waals surface area contributed by atoms with Gasteiger partial charge in [0.15, 0.2) is 0 Å². The molecule has 0 spiro atoms. The molecule has 2 fully saturated rings. The number of primary amides is 1. The van der Waals surface area contributed by atoms with E-state index in [4.69, 9.17) is 10.5 Å². The topological polar surface area (TPSA) is 64.3 Å². The van der Waals surface area contributed by atoms with E-state index < -0.39 is 5.54 Å². The molecule has 1 amide bonds. The minimum atomic E-state index is -0.548. The second-order valence-corrected chi connectivity index (χ2v) is 7.32. The molecule has 110 valence electrons. The van der Waals surface area contributed by atoms with Gasteiger partial charge in [-0.1, -0.05) is 20.8 Å². The van der Waals surface area contributed by atoms with Crippen LogP contribution in [0.4, 0.5) is 0 Å². The number of carbonyl (C=O) groups excluding carboxylic acids is 1. The number of hydrogen-bond acceptors (Lipinski definition) is 3. The number of carbonyl (C=O) groups is 1. The van der Waals surface area contributed by atoms with Crippen LogP contribution in [0.3, 0.4) is 0 Å². The van der Waals surface area contributed by atoms with Crippen molar-refractivity contribution in [2.45, 2.75) is 64.5 Å². The van der Waals surface area contributed by atoms with Gasteiger partial charge < -0.3 is 15.8 Å². The Bertz CT molecular complexity index is 337. The van der Waals surface area contributed by atoms with E-state index in [1.54, 1.807) is 0 Å². The van der Waals surface area contributed by atoms with Gasteiger partial charge in [-0.05, 0) is 43.4 Å². The average Bonchev–Trinajstić information content (AvgIpc) is 2.76. The third kappa shape index (κ3) is 3.48. The van der Waals surface area contributed by atoms with Gasteiger partial charge in [0.25, 0.3) is 0 Å². The molecule has 3 unspecified atom stereocenters. The molecule has 0 aromatic heterocycles. The van der Waals surface area contributed by atoms with Crippen LogP contribution in [0.5, 0.6) is 0 Å². The van der Waals surface area contributed by atoms with E-state index in [0.29, 0.717) is 5.92 Å². The lowest BCUT2D eigenvalue weighted by Gasteiger charge is -2.46. The molecule has 19 heavy (non-hydrogen) atoms. The molecule has 4 nitrogen and oxygen atoms in total. The molecule has 1 heterocycles. The lowest BCUT2D eigenvalue weighted by molar-refractivity contribution is -0.128. The van der Waals surface area contributed by atoms with E-state index in [1.807, 2.05) is 0 Å². The highest BCUT2D eigenvalue weighted by Gasteiger charge is 2.46. The maximum absolute atomic E-state index is 12.0. The Kier molecular flexibility index (Phi) is 4.21. The van der Waals surface area contributed by atoms with Crippen LogP contribution >= 0.6 is 0 Å². The van der Waals surface area contributed by atoms with Crippen molar-refractivity contribution in [2.24, 2.45) is 17.1 Å². The predicted octanol–water partition coefficient (Wildman–Crippen LogP) is 1.83. The van der Waals surface area contributed by atoms with Crippen LogP contribution in [-0.4, -0.2) is 30.7 Å². The summed E-state index contributed by atoms with van der Waals surface area (Å²) in [5.74, 6) is 0.318. The first kappa shape index (κ1) is 14.8. The maximum Gasteiger partial charge on any atom is 0.237 e. The molecular weight excluding hydrogens is 240 g/mol. The van der Waals surface area contributed by atoms with E-state index in [0.717, 1.165) is 45.3 Å². The standard InChI is InChI=1S/C15H28N2O2/c1-11-7-14(2,3)10-15(8-11,13(16)18)17-9-12-5-4-6-19-12/h11-12,17H,4-10H2,1-3H3,(H2,16,18). The number of rotatable bonds is 4. The summed E-state index contributed by atoms with van der Waals surface area (Å²) in [5, 5.41) is 3.46. The summed E-state index contributed by atoms with van der Waals surface area (Å²) in [6.45, 7) is 8.26. The molecule has 2 rings (SSSR count). The fourth-order valence-corrected chi connectivity index (χ4v) is 4.10. The first-order chi connectivity index (χ1) is 8.83. The Morgan fingerprint density at radius 3 is 2.68 bits per heavy atom. The van der Waals surface area contributed by atoms with Crippen molar-refractivity contribution in [3.63, 3.8) is 0 Å². The summed E-state index contributed by atoms with van der Waals surface area (Å²) in [6, 6.07) is 0. The Balaban J connectivity index is 2.05. The molecule has 3 atom stereocenters. The molecule has 1 aliphatic carbocycles. The quantitative estimate of drug-likeness (QED) is 0.817. The highest BCUT2D eigenvalue weighted by molar-refractivity contribution is 5.85. The fraction of sp³-hybridized carbons (Fsp3) is 0.933. The minimum Gasteiger partial charge on any atom is -0.377 e. The summed E-state index contributed by atoms with van der Waals surface area (Å²) in [5.41, 5.74) is 5.34. The van der Waals surface area contributed by atoms with Gasteiger partial charge in [0, 0.05) is 13.2 Å². The summed E-state index contributed by atoms with van der Waals surface area (Å²) in [6.07, 6.45) is 5.28. The largest absolute Gasteiger partial charge is 0.377 e. The Morgan fingerprint density at radius 1 is 1.42 bits per heavy atom. The van der Waals surface area contributed by atoms with Crippen LogP contribution in [0.25, 0.3) is 0 Å². The highest BCUT2D eigenvalue weighted by Crippen LogP contribution is 2.43. The number of hydrogen-bond donors (Lipinski definition) is 2. The predicted molar refractivity (Wildman–Crippen MR) is 75.7 cm³/mol. The van der Waals surface area contributed by atoms with E-state index in [1.165, 1.54) is 0 Å². The lowest BCUT2D eigenvalue weighted by Crippen LogP contribution is -2.61. The zero-order valence-corrected chi connectivity index (χ0v) is 12.5. The van der Waals surface area contributed by atoms with E-state index in [9.17, 15) is 4.79 Å². The third-order valence-electron chi connectivity index (χ3n) is 4.54. The molecule has 4 heteroatoms. The molecule has 0 radical (unpaired) electrons. The van der Waals surface area contributed by atoms with Crippen molar-refractivity contribution in [3.05, 3.63) is 0 Å². The van der Waals surface area contributed by atoms with Gasteiger partial charge in [0.2, 0.25) is 5.91 Å².